The third-order valence-electron chi connectivity index (χ3n) is 3.15. The Kier molecular flexibility index (Phi) is 4.44. The van der Waals surface area contributed by atoms with E-state index in [9.17, 15) is 0 Å². The van der Waals surface area contributed by atoms with Gasteiger partial charge >= 0.3 is 0 Å². The average Bonchev–Trinajstić information content (AvgIpc) is 2.18. The molecular formula is C12H22N2. The van der Waals surface area contributed by atoms with Crippen LogP contribution in [0.1, 0.15) is 39.0 Å². The van der Waals surface area contributed by atoms with Crippen LogP contribution in [0.15, 0.2) is 0 Å². The number of nitrogens with zero attached hydrogens (tertiary/aromatic N) is 1. The molecule has 1 aliphatic carbocycles. The van der Waals surface area contributed by atoms with Gasteiger partial charge in [0.1, 0.15) is 0 Å². The van der Waals surface area contributed by atoms with E-state index in [1.54, 1.807) is 0 Å². The van der Waals surface area contributed by atoms with Crippen molar-refractivity contribution in [3.63, 3.8) is 0 Å². The lowest BCUT2D eigenvalue weighted by Crippen LogP contribution is -2.51. The van der Waals surface area contributed by atoms with E-state index in [1.807, 2.05) is 0 Å². The quantitative estimate of drug-likeness (QED) is 0.689. The van der Waals surface area contributed by atoms with Crippen LogP contribution in [0.4, 0.5) is 0 Å². The number of nitrogens with two attached hydrogens (primary N) is 1. The van der Waals surface area contributed by atoms with Crippen LogP contribution < -0.4 is 5.73 Å². The zero-order chi connectivity index (χ0) is 10.4. The minimum absolute atomic E-state index is 0.0328. The van der Waals surface area contributed by atoms with Gasteiger partial charge in [0.05, 0.1) is 6.54 Å². The van der Waals surface area contributed by atoms with Crippen LogP contribution >= 0.6 is 0 Å². The lowest BCUT2D eigenvalue weighted by atomic mass is 9.82. The summed E-state index contributed by atoms with van der Waals surface area (Å²) in [7, 11) is 0. The Hall–Kier alpha value is -0.520. The summed E-state index contributed by atoms with van der Waals surface area (Å²) in [4.78, 5) is 2.27. The fourth-order valence-corrected chi connectivity index (χ4v) is 2.27. The van der Waals surface area contributed by atoms with Gasteiger partial charge in [0.25, 0.3) is 0 Å². The molecule has 1 saturated carbocycles. The van der Waals surface area contributed by atoms with Gasteiger partial charge in [0.15, 0.2) is 0 Å². The maximum Gasteiger partial charge on any atom is 0.0599 e. The van der Waals surface area contributed by atoms with E-state index < -0.39 is 0 Å². The molecule has 0 spiro atoms. The maximum absolute atomic E-state index is 6.36. The molecule has 1 aliphatic rings. The standard InChI is InChI=1S/C12H22N2/c1-3-10-14(4-2)11-12(13)8-6-5-7-9-12/h1H,4-11,13H2,2H3. The first-order valence-corrected chi connectivity index (χ1v) is 5.65. The van der Waals surface area contributed by atoms with E-state index in [-0.39, 0.29) is 5.54 Å². The van der Waals surface area contributed by atoms with Gasteiger partial charge in [-0.3, -0.25) is 4.90 Å². The van der Waals surface area contributed by atoms with Gasteiger partial charge in [-0.15, -0.1) is 6.42 Å². The van der Waals surface area contributed by atoms with Crippen molar-refractivity contribution in [2.24, 2.45) is 5.73 Å². The second kappa shape index (κ2) is 5.38. The maximum atomic E-state index is 6.36. The van der Waals surface area contributed by atoms with Crippen molar-refractivity contribution < 1.29 is 0 Å². The summed E-state index contributed by atoms with van der Waals surface area (Å²) in [6.07, 6.45) is 11.6. The molecule has 14 heavy (non-hydrogen) atoms. The number of hydrogen-bond acceptors (Lipinski definition) is 2. The van der Waals surface area contributed by atoms with E-state index in [2.05, 4.69) is 17.7 Å². The lowest BCUT2D eigenvalue weighted by molar-refractivity contribution is 0.192. The molecule has 0 unspecified atom stereocenters. The smallest absolute Gasteiger partial charge is 0.0599 e. The molecule has 0 radical (unpaired) electrons. The van der Waals surface area contributed by atoms with E-state index in [4.69, 9.17) is 12.2 Å². The van der Waals surface area contributed by atoms with E-state index in [0.29, 0.717) is 0 Å². The van der Waals surface area contributed by atoms with Crippen molar-refractivity contribution >= 4 is 0 Å². The first-order chi connectivity index (χ1) is 6.70. The summed E-state index contributed by atoms with van der Waals surface area (Å²) < 4.78 is 0. The third-order valence-corrected chi connectivity index (χ3v) is 3.15. The Morgan fingerprint density at radius 3 is 2.50 bits per heavy atom. The Balaban J connectivity index is 2.43. The SMILES string of the molecule is C#CCN(CC)CC1(N)CCCCC1. The fourth-order valence-electron chi connectivity index (χ4n) is 2.27. The molecule has 0 aromatic heterocycles. The third kappa shape index (κ3) is 3.32. The number of likely N-dealkylation sites (N-methyl/N-ethyl adjacent to an activating group) is 1. The summed E-state index contributed by atoms with van der Waals surface area (Å²) in [5.41, 5.74) is 6.39. The minimum Gasteiger partial charge on any atom is -0.324 e. The predicted molar refractivity (Wildman–Crippen MR) is 61.0 cm³/mol. The van der Waals surface area contributed by atoms with Gasteiger partial charge < -0.3 is 5.73 Å². The molecule has 0 saturated heterocycles. The Morgan fingerprint density at radius 2 is 2.00 bits per heavy atom. The van der Waals surface area contributed by atoms with Crippen molar-refractivity contribution in [1.82, 2.24) is 4.90 Å². The second-order valence-electron chi connectivity index (χ2n) is 4.43. The Morgan fingerprint density at radius 1 is 1.36 bits per heavy atom. The molecular weight excluding hydrogens is 172 g/mol. The van der Waals surface area contributed by atoms with E-state index in [0.717, 1.165) is 32.5 Å². The van der Waals surface area contributed by atoms with Crippen molar-refractivity contribution in [2.75, 3.05) is 19.6 Å². The second-order valence-corrected chi connectivity index (χ2v) is 4.43. The van der Waals surface area contributed by atoms with Gasteiger partial charge in [-0.25, -0.2) is 0 Å². The van der Waals surface area contributed by atoms with E-state index in [1.165, 1.54) is 19.3 Å². The largest absolute Gasteiger partial charge is 0.324 e. The minimum atomic E-state index is 0.0328. The molecule has 1 rings (SSSR count). The molecule has 2 nitrogen and oxygen atoms in total. The highest BCUT2D eigenvalue weighted by atomic mass is 15.1. The topological polar surface area (TPSA) is 29.3 Å². The predicted octanol–water partition coefficient (Wildman–Crippen LogP) is 1.60. The molecule has 2 heteroatoms. The van der Waals surface area contributed by atoms with Gasteiger partial charge in [0.2, 0.25) is 0 Å². The molecule has 0 aromatic carbocycles. The van der Waals surface area contributed by atoms with Gasteiger partial charge in [-0.2, -0.15) is 0 Å². The van der Waals surface area contributed by atoms with Crippen LogP contribution in [-0.4, -0.2) is 30.1 Å². The van der Waals surface area contributed by atoms with Crippen molar-refractivity contribution in [2.45, 2.75) is 44.6 Å². The van der Waals surface area contributed by atoms with Crippen LogP contribution in [0.2, 0.25) is 0 Å². The molecule has 1 fully saturated rings. The average molecular weight is 194 g/mol. The van der Waals surface area contributed by atoms with Gasteiger partial charge in [0, 0.05) is 12.1 Å². The highest BCUT2D eigenvalue weighted by Crippen LogP contribution is 2.26. The number of terminal acetylenes is 1. The van der Waals surface area contributed by atoms with E-state index >= 15 is 0 Å². The molecule has 0 amide bonds. The summed E-state index contributed by atoms with van der Waals surface area (Å²) in [5, 5.41) is 0. The fraction of sp³-hybridized carbons (Fsp3) is 0.833. The number of rotatable bonds is 4. The highest BCUT2D eigenvalue weighted by Gasteiger charge is 2.28. The van der Waals surface area contributed by atoms with Crippen molar-refractivity contribution in [3.05, 3.63) is 0 Å². The van der Waals surface area contributed by atoms with Crippen LogP contribution in [0, 0.1) is 12.3 Å². The molecule has 2 N–H and O–H groups in total. The van der Waals surface area contributed by atoms with Crippen molar-refractivity contribution in [3.8, 4) is 12.3 Å². The monoisotopic (exact) mass is 194 g/mol. The van der Waals surface area contributed by atoms with Gasteiger partial charge in [-0.1, -0.05) is 32.1 Å². The highest BCUT2D eigenvalue weighted by molar-refractivity contribution is 4.94. The van der Waals surface area contributed by atoms with Gasteiger partial charge in [-0.05, 0) is 19.4 Å². The first kappa shape index (κ1) is 11.6. The van der Waals surface area contributed by atoms with Crippen molar-refractivity contribution in [1.29, 1.82) is 0 Å². The Bertz CT molecular complexity index is 199. The summed E-state index contributed by atoms with van der Waals surface area (Å²) in [6.45, 7) is 4.84. The van der Waals surface area contributed by atoms with Crippen LogP contribution in [0.3, 0.4) is 0 Å². The molecule has 0 aromatic rings. The molecule has 0 aliphatic heterocycles. The summed E-state index contributed by atoms with van der Waals surface area (Å²) in [6, 6.07) is 0. The van der Waals surface area contributed by atoms with Crippen LogP contribution in [-0.2, 0) is 0 Å². The zero-order valence-electron chi connectivity index (χ0n) is 9.26. The van der Waals surface area contributed by atoms with Crippen LogP contribution in [0.25, 0.3) is 0 Å². The summed E-state index contributed by atoms with van der Waals surface area (Å²) >= 11 is 0. The lowest BCUT2D eigenvalue weighted by Gasteiger charge is -2.37. The zero-order valence-corrected chi connectivity index (χ0v) is 9.26. The summed E-state index contributed by atoms with van der Waals surface area (Å²) in [5.74, 6) is 2.70. The molecule has 0 heterocycles. The van der Waals surface area contributed by atoms with Crippen LogP contribution in [0.5, 0.6) is 0 Å². The molecule has 80 valence electrons. The number of hydrogen-bond donors (Lipinski definition) is 1. The molecule has 0 atom stereocenters. The normalized spacial score (nSPS) is 20.7. The Labute approximate surface area is 87.8 Å². The first-order valence-electron chi connectivity index (χ1n) is 5.65. The molecule has 0 bridgehead atoms.